The molecule has 0 aliphatic carbocycles. The minimum Gasteiger partial charge on any atom is -0.483 e. The molecule has 26 heavy (non-hydrogen) atoms. The molecule has 1 amide bonds. The maximum absolute atomic E-state index is 11.4. The van der Waals surface area contributed by atoms with Crippen molar-refractivity contribution < 1.29 is 14.3 Å². The van der Waals surface area contributed by atoms with E-state index in [0.717, 1.165) is 23.1 Å². The molecule has 1 N–H and O–H groups in total. The molecule has 132 valence electrons. The molecule has 0 spiro atoms. The Morgan fingerprint density at radius 1 is 1.15 bits per heavy atom. The predicted molar refractivity (Wildman–Crippen MR) is 101 cm³/mol. The van der Waals surface area contributed by atoms with E-state index in [1.54, 1.807) is 0 Å². The molecule has 4 rings (SSSR count). The summed E-state index contributed by atoms with van der Waals surface area (Å²) in [7, 11) is 0. The number of hydrogen-bond acceptors (Lipinski definition) is 4. The monoisotopic (exact) mass is 348 g/mol. The largest absolute Gasteiger partial charge is 0.483 e. The van der Waals surface area contributed by atoms with Crippen molar-refractivity contribution in [3.8, 4) is 17.4 Å². The molecule has 0 saturated carbocycles. The van der Waals surface area contributed by atoms with Crippen molar-refractivity contribution in [1.82, 2.24) is 4.98 Å². The van der Waals surface area contributed by atoms with Crippen LogP contribution in [0.2, 0.25) is 0 Å². The van der Waals surface area contributed by atoms with Crippen molar-refractivity contribution in [2.75, 3.05) is 5.32 Å². The highest BCUT2D eigenvalue weighted by Crippen LogP contribution is 2.43. The zero-order valence-electron chi connectivity index (χ0n) is 15.0. The smallest absolute Gasteiger partial charge is 0.221 e. The fourth-order valence-electron chi connectivity index (χ4n) is 3.26. The lowest BCUT2D eigenvalue weighted by atomic mass is 10.0. The number of hydrogen-bond donors (Lipinski definition) is 1. The number of pyridine rings is 1. The summed E-state index contributed by atoms with van der Waals surface area (Å²) in [6.45, 7) is 5.60. The second kappa shape index (κ2) is 6.02. The molecular formula is C21H20N2O3. The molecule has 5 heteroatoms. The zero-order chi connectivity index (χ0) is 18.3. The Bertz CT molecular complexity index is 1010. The first-order valence-electron chi connectivity index (χ1n) is 8.57. The topological polar surface area (TPSA) is 60.5 Å². The summed E-state index contributed by atoms with van der Waals surface area (Å²) < 4.78 is 12.1. The maximum Gasteiger partial charge on any atom is 0.221 e. The van der Waals surface area contributed by atoms with Crippen molar-refractivity contribution in [3.05, 3.63) is 54.1 Å². The number of ether oxygens (including phenoxy) is 2. The number of carbonyl (C=O) groups excluding carboxylic acids is 1. The average Bonchev–Trinajstić information content (AvgIpc) is 2.90. The van der Waals surface area contributed by atoms with E-state index in [1.807, 2.05) is 42.5 Å². The second-order valence-electron chi connectivity index (χ2n) is 7.09. The molecule has 5 nitrogen and oxygen atoms in total. The highest BCUT2D eigenvalue weighted by atomic mass is 16.5. The summed E-state index contributed by atoms with van der Waals surface area (Å²) in [5, 5.41) is 3.74. The number of fused-ring (bicyclic) bond motifs is 2. The highest BCUT2D eigenvalue weighted by Gasteiger charge is 2.32. The van der Waals surface area contributed by atoms with Gasteiger partial charge in [-0.25, -0.2) is 4.98 Å². The van der Waals surface area contributed by atoms with Crippen molar-refractivity contribution in [3.63, 3.8) is 0 Å². The number of para-hydroxylation sites is 2. The fraction of sp³-hybridized carbons (Fsp3) is 0.238. The normalized spacial score (nSPS) is 14.6. The van der Waals surface area contributed by atoms with Crippen LogP contribution in [0.25, 0.3) is 10.9 Å². The van der Waals surface area contributed by atoms with E-state index < -0.39 is 0 Å². The molecule has 2 aromatic carbocycles. The van der Waals surface area contributed by atoms with Gasteiger partial charge in [-0.2, -0.15) is 0 Å². The van der Waals surface area contributed by atoms with Crippen LogP contribution in [0.5, 0.6) is 17.4 Å². The van der Waals surface area contributed by atoms with Crippen LogP contribution in [0.15, 0.2) is 48.5 Å². The number of aromatic nitrogens is 1. The summed E-state index contributed by atoms with van der Waals surface area (Å²) in [5.74, 6) is 1.74. The van der Waals surface area contributed by atoms with Gasteiger partial charge in [0, 0.05) is 30.4 Å². The minimum atomic E-state index is -0.239. The number of amides is 1. The Balaban J connectivity index is 1.71. The Labute approximate surface area is 152 Å². The summed E-state index contributed by atoms with van der Waals surface area (Å²) in [6, 6.07) is 15.3. The highest BCUT2D eigenvalue weighted by molar-refractivity contribution is 5.99. The van der Waals surface area contributed by atoms with E-state index in [0.29, 0.717) is 22.8 Å². The number of anilines is 1. The van der Waals surface area contributed by atoms with Gasteiger partial charge in [0.25, 0.3) is 0 Å². The lowest BCUT2D eigenvalue weighted by Crippen LogP contribution is -2.24. The number of carbonyl (C=O) groups is 1. The molecular weight excluding hydrogens is 328 g/mol. The van der Waals surface area contributed by atoms with Gasteiger partial charge in [0.15, 0.2) is 11.5 Å². The molecule has 1 aliphatic heterocycles. The summed E-state index contributed by atoms with van der Waals surface area (Å²) in [6.07, 6.45) is 0.845. The lowest BCUT2D eigenvalue weighted by Gasteiger charge is -2.18. The van der Waals surface area contributed by atoms with Gasteiger partial charge in [-0.05, 0) is 32.0 Å². The van der Waals surface area contributed by atoms with Gasteiger partial charge in [0.05, 0.1) is 11.2 Å². The molecule has 0 saturated heterocycles. The molecule has 0 unspecified atom stereocenters. The number of rotatable bonds is 3. The Hall–Kier alpha value is -3.08. The quantitative estimate of drug-likeness (QED) is 0.745. The summed E-state index contributed by atoms with van der Waals surface area (Å²) in [5.41, 5.74) is 2.24. The number of benzene rings is 2. The Morgan fingerprint density at radius 3 is 2.77 bits per heavy atom. The van der Waals surface area contributed by atoms with Crippen LogP contribution in [0, 0.1) is 0 Å². The molecule has 0 fully saturated rings. The average molecular weight is 348 g/mol. The van der Waals surface area contributed by atoms with E-state index in [4.69, 9.17) is 9.47 Å². The van der Waals surface area contributed by atoms with E-state index >= 15 is 0 Å². The van der Waals surface area contributed by atoms with Gasteiger partial charge in [0.2, 0.25) is 11.8 Å². The summed E-state index contributed by atoms with van der Waals surface area (Å²) >= 11 is 0. The predicted octanol–water partition coefficient (Wildman–Crippen LogP) is 4.70. The second-order valence-corrected chi connectivity index (χ2v) is 7.09. The fourth-order valence-corrected chi connectivity index (χ4v) is 3.26. The van der Waals surface area contributed by atoms with Crippen molar-refractivity contribution in [2.24, 2.45) is 0 Å². The number of nitrogens with one attached hydrogen (secondary N) is 1. The van der Waals surface area contributed by atoms with Crippen LogP contribution in [0.1, 0.15) is 26.3 Å². The van der Waals surface area contributed by atoms with E-state index in [2.05, 4.69) is 30.2 Å². The van der Waals surface area contributed by atoms with Crippen molar-refractivity contribution in [2.45, 2.75) is 32.8 Å². The van der Waals surface area contributed by atoms with E-state index in [-0.39, 0.29) is 11.5 Å². The molecule has 0 atom stereocenters. The Kier molecular flexibility index (Phi) is 3.80. The number of nitrogens with zero attached hydrogens (tertiary/aromatic N) is 1. The van der Waals surface area contributed by atoms with Crippen molar-refractivity contribution in [1.29, 1.82) is 0 Å². The first kappa shape index (κ1) is 16.4. The van der Waals surface area contributed by atoms with Gasteiger partial charge in [0.1, 0.15) is 5.60 Å². The maximum atomic E-state index is 11.4. The van der Waals surface area contributed by atoms with Gasteiger partial charge >= 0.3 is 0 Å². The van der Waals surface area contributed by atoms with Crippen LogP contribution in [0.3, 0.4) is 0 Å². The third-order valence-electron chi connectivity index (χ3n) is 4.27. The molecule has 3 aromatic rings. The lowest BCUT2D eigenvalue weighted by molar-refractivity contribution is -0.114. The Morgan fingerprint density at radius 2 is 1.96 bits per heavy atom. The van der Waals surface area contributed by atoms with Crippen LogP contribution in [-0.4, -0.2) is 16.5 Å². The third kappa shape index (κ3) is 3.08. The van der Waals surface area contributed by atoms with Crippen LogP contribution in [-0.2, 0) is 11.2 Å². The van der Waals surface area contributed by atoms with Gasteiger partial charge < -0.3 is 14.8 Å². The van der Waals surface area contributed by atoms with Crippen LogP contribution >= 0.6 is 0 Å². The molecule has 0 bridgehead atoms. The van der Waals surface area contributed by atoms with Crippen LogP contribution < -0.4 is 14.8 Å². The van der Waals surface area contributed by atoms with Gasteiger partial charge in [-0.1, -0.05) is 24.3 Å². The summed E-state index contributed by atoms with van der Waals surface area (Å²) in [4.78, 5) is 16.0. The first-order chi connectivity index (χ1) is 12.4. The van der Waals surface area contributed by atoms with Gasteiger partial charge in [-0.3, -0.25) is 4.79 Å². The molecule has 1 aliphatic rings. The minimum absolute atomic E-state index is 0.137. The van der Waals surface area contributed by atoms with Crippen LogP contribution in [0.4, 0.5) is 5.69 Å². The molecule has 0 radical (unpaired) electrons. The third-order valence-corrected chi connectivity index (χ3v) is 4.27. The SMILES string of the molecule is CC(=O)Nc1cccc2ccc(Oc3cccc4c3OC(C)(C)C4)nc12. The molecule has 1 aromatic heterocycles. The zero-order valence-corrected chi connectivity index (χ0v) is 15.0. The van der Waals surface area contributed by atoms with E-state index in [9.17, 15) is 4.79 Å². The standard InChI is InChI=1S/C21H20N2O3/c1-13(24)22-16-8-4-6-14-10-11-18(23-19(14)16)25-17-9-5-7-15-12-21(2,3)26-20(15)17/h4-11H,12H2,1-3H3,(H,22,24). The first-order valence-corrected chi connectivity index (χ1v) is 8.57. The van der Waals surface area contributed by atoms with Crippen molar-refractivity contribution >= 4 is 22.5 Å². The van der Waals surface area contributed by atoms with E-state index in [1.165, 1.54) is 6.92 Å². The van der Waals surface area contributed by atoms with Gasteiger partial charge in [-0.15, -0.1) is 0 Å². The molecule has 2 heterocycles.